The summed E-state index contributed by atoms with van der Waals surface area (Å²) in [7, 11) is 0. The maximum Gasteiger partial charge on any atom is 0.288 e. The molecule has 1 heterocycles. The fourth-order valence-electron chi connectivity index (χ4n) is 2.53. The fourth-order valence-corrected chi connectivity index (χ4v) is 3.07. The number of benzene rings is 2. The lowest BCUT2D eigenvalue weighted by molar-refractivity contribution is -0.385. The summed E-state index contributed by atoms with van der Waals surface area (Å²) < 4.78 is 5.66. The van der Waals surface area contributed by atoms with Gasteiger partial charge in [-0.15, -0.1) is 0 Å². The Morgan fingerprint density at radius 3 is 2.28 bits per heavy atom. The molecule has 0 spiro atoms. The summed E-state index contributed by atoms with van der Waals surface area (Å²) in [5.41, 5.74) is 0.551. The van der Waals surface area contributed by atoms with Crippen LogP contribution in [0.15, 0.2) is 52.9 Å². The van der Waals surface area contributed by atoms with Crippen molar-refractivity contribution in [1.29, 1.82) is 5.26 Å². The predicted molar refractivity (Wildman–Crippen MR) is 107 cm³/mol. The largest absolute Gasteiger partial charge is 0.457 e. The van der Waals surface area contributed by atoms with Crippen molar-refractivity contribution in [2.24, 2.45) is 0 Å². The van der Waals surface area contributed by atoms with Crippen LogP contribution in [0.1, 0.15) is 11.3 Å². The van der Waals surface area contributed by atoms with Crippen LogP contribution in [0, 0.1) is 31.6 Å². The van der Waals surface area contributed by atoms with E-state index in [4.69, 9.17) is 27.6 Å². The van der Waals surface area contributed by atoms with Gasteiger partial charge < -0.3 is 4.42 Å². The molecule has 144 valence electrons. The number of halogens is 2. The monoisotopic (exact) mass is 429 g/mol. The van der Waals surface area contributed by atoms with Gasteiger partial charge in [0.1, 0.15) is 16.5 Å². The molecular weight excluding hydrogens is 421 g/mol. The quantitative estimate of drug-likeness (QED) is 0.272. The molecule has 0 unspecified atom stereocenters. The standard InChI is InChI=1S/C19H9Cl2N3O5/c20-16-9-17(21)18(24(27)28)8-15(16)19-6-5-14(29-19)7-12(10-22)11-1-3-13(4-2-11)23(25)26/h1-9H/b12-7-. The maximum absolute atomic E-state index is 11.1. The first-order valence-corrected chi connectivity index (χ1v) is 8.66. The molecule has 0 saturated heterocycles. The Morgan fingerprint density at radius 1 is 1.00 bits per heavy atom. The number of hydrogen-bond acceptors (Lipinski definition) is 6. The lowest BCUT2D eigenvalue weighted by Gasteiger charge is -2.03. The Labute approximate surface area is 173 Å². The smallest absolute Gasteiger partial charge is 0.288 e. The van der Waals surface area contributed by atoms with E-state index in [1.165, 1.54) is 42.5 Å². The van der Waals surface area contributed by atoms with E-state index in [0.29, 0.717) is 11.3 Å². The zero-order valence-electron chi connectivity index (χ0n) is 14.3. The minimum Gasteiger partial charge on any atom is -0.457 e. The average molecular weight is 430 g/mol. The molecule has 0 radical (unpaired) electrons. The topological polar surface area (TPSA) is 123 Å². The Hall–Kier alpha value is -3.67. The van der Waals surface area contributed by atoms with E-state index in [-0.39, 0.29) is 38.3 Å². The van der Waals surface area contributed by atoms with E-state index >= 15 is 0 Å². The molecule has 0 bridgehead atoms. The normalized spacial score (nSPS) is 11.1. The van der Waals surface area contributed by atoms with Crippen molar-refractivity contribution in [1.82, 2.24) is 0 Å². The van der Waals surface area contributed by atoms with Gasteiger partial charge in [0, 0.05) is 23.8 Å². The maximum atomic E-state index is 11.1. The predicted octanol–water partition coefficient (Wildman–Crippen LogP) is 6.13. The fraction of sp³-hybridized carbons (Fsp3) is 0. The first-order valence-electron chi connectivity index (χ1n) is 7.90. The second-order valence-electron chi connectivity index (χ2n) is 5.72. The van der Waals surface area contributed by atoms with Crippen molar-refractivity contribution in [3.8, 4) is 17.4 Å². The summed E-state index contributed by atoms with van der Waals surface area (Å²) in [6.45, 7) is 0. The van der Waals surface area contributed by atoms with Gasteiger partial charge in [0.05, 0.1) is 26.5 Å². The number of nitriles is 1. The molecule has 0 N–H and O–H groups in total. The Bertz CT molecular complexity index is 1190. The molecule has 0 aliphatic carbocycles. The summed E-state index contributed by atoms with van der Waals surface area (Å²) in [4.78, 5) is 20.7. The van der Waals surface area contributed by atoms with Gasteiger partial charge in [-0.25, -0.2) is 0 Å². The van der Waals surface area contributed by atoms with Crippen molar-refractivity contribution in [3.63, 3.8) is 0 Å². The summed E-state index contributed by atoms with van der Waals surface area (Å²) in [6, 6.07) is 13.1. The molecule has 0 saturated carbocycles. The number of hydrogen-bond donors (Lipinski definition) is 0. The lowest BCUT2D eigenvalue weighted by atomic mass is 10.1. The zero-order chi connectivity index (χ0) is 21.1. The zero-order valence-corrected chi connectivity index (χ0v) is 15.8. The van der Waals surface area contributed by atoms with Gasteiger partial charge >= 0.3 is 0 Å². The number of rotatable bonds is 5. The van der Waals surface area contributed by atoms with E-state index in [1.807, 2.05) is 6.07 Å². The van der Waals surface area contributed by atoms with E-state index in [9.17, 15) is 25.5 Å². The molecule has 0 fully saturated rings. The van der Waals surface area contributed by atoms with Crippen LogP contribution in [0.3, 0.4) is 0 Å². The van der Waals surface area contributed by atoms with Gasteiger partial charge in [-0.05, 0) is 42.0 Å². The Balaban J connectivity index is 1.97. The number of non-ortho nitro benzene ring substituents is 1. The Kier molecular flexibility index (Phi) is 5.64. The molecule has 3 aromatic rings. The SMILES string of the molecule is N#C/C(=C/c1ccc(-c2cc([N+](=O)[O-])c(Cl)cc2Cl)o1)c1ccc([N+](=O)[O-])cc1. The molecule has 1 aromatic heterocycles. The molecule has 10 heteroatoms. The summed E-state index contributed by atoms with van der Waals surface area (Å²) >= 11 is 12.0. The number of nitro benzene ring substituents is 2. The van der Waals surface area contributed by atoms with Gasteiger partial charge in [-0.2, -0.15) is 5.26 Å². The van der Waals surface area contributed by atoms with Gasteiger partial charge in [0.15, 0.2) is 0 Å². The van der Waals surface area contributed by atoms with Gasteiger partial charge in [-0.3, -0.25) is 20.2 Å². The summed E-state index contributed by atoms with van der Waals surface area (Å²) in [5, 5.41) is 31.3. The second kappa shape index (κ2) is 8.14. The van der Waals surface area contributed by atoms with Crippen LogP contribution in [0.25, 0.3) is 23.0 Å². The van der Waals surface area contributed by atoms with Crippen LogP contribution in [-0.4, -0.2) is 9.85 Å². The molecule has 0 aliphatic heterocycles. The Morgan fingerprint density at radius 2 is 1.69 bits per heavy atom. The summed E-state index contributed by atoms with van der Waals surface area (Å²) in [5.74, 6) is 0.547. The van der Waals surface area contributed by atoms with Gasteiger partial charge in [0.2, 0.25) is 0 Å². The van der Waals surface area contributed by atoms with Crippen molar-refractivity contribution in [2.75, 3.05) is 0 Å². The van der Waals surface area contributed by atoms with E-state index in [1.54, 1.807) is 12.1 Å². The van der Waals surface area contributed by atoms with Crippen LogP contribution in [0.2, 0.25) is 10.0 Å². The molecular formula is C19H9Cl2N3O5. The molecule has 29 heavy (non-hydrogen) atoms. The van der Waals surface area contributed by atoms with Gasteiger partial charge in [0.25, 0.3) is 11.4 Å². The first kappa shape index (κ1) is 20.1. The van der Waals surface area contributed by atoms with Crippen molar-refractivity contribution in [3.05, 3.63) is 90.1 Å². The highest BCUT2D eigenvalue weighted by atomic mass is 35.5. The van der Waals surface area contributed by atoms with Crippen LogP contribution >= 0.6 is 23.2 Å². The van der Waals surface area contributed by atoms with Crippen LogP contribution in [-0.2, 0) is 0 Å². The lowest BCUT2D eigenvalue weighted by Crippen LogP contribution is -1.90. The molecule has 0 aliphatic rings. The molecule has 2 aromatic carbocycles. The highest BCUT2D eigenvalue weighted by Crippen LogP contribution is 2.37. The van der Waals surface area contributed by atoms with E-state index in [0.717, 1.165) is 0 Å². The highest BCUT2D eigenvalue weighted by molar-refractivity contribution is 6.37. The number of allylic oxidation sites excluding steroid dienone is 1. The second-order valence-corrected chi connectivity index (χ2v) is 6.53. The number of nitrogens with zero attached hydrogens (tertiary/aromatic N) is 3. The van der Waals surface area contributed by atoms with Crippen LogP contribution in [0.5, 0.6) is 0 Å². The minimum atomic E-state index is -0.631. The first-order chi connectivity index (χ1) is 13.8. The van der Waals surface area contributed by atoms with Crippen LogP contribution < -0.4 is 0 Å². The third-order valence-corrected chi connectivity index (χ3v) is 4.54. The molecule has 0 amide bonds. The average Bonchev–Trinajstić information content (AvgIpc) is 3.14. The molecule has 0 atom stereocenters. The van der Waals surface area contributed by atoms with Crippen molar-refractivity contribution >= 4 is 46.2 Å². The highest BCUT2D eigenvalue weighted by Gasteiger charge is 2.19. The third kappa shape index (κ3) is 4.27. The number of furan rings is 1. The van der Waals surface area contributed by atoms with E-state index < -0.39 is 9.85 Å². The van der Waals surface area contributed by atoms with Gasteiger partial charge in [-0.1, -0.05) is 23.2 Å². The summed E-state index contributed by atoms with van der Waals surface area (Å²) in [6.07, 6.45) is 1.45. The molecule has 3 rings (SSSR count). The minimum absolute atomic E-state index is 0.0923. The number of nitro groups is 2. The molecule has 8 nitrogen and oxygen atoms in total. The van der Waals surface area contributed by atoms with Crippen molar-refractivity contribution in [2.45, 2.75) is 0 Å². The van der Waals surface area contributed by atoms with Crippen LogP contribution in [0.4, 0.5) is 11.4 Å². The van der Waals surface area contributed by atoms with E-state index in [2.05, 4.69) is 0 Å². The third-order valence-electron chi connectivity index (χ3n) is 3.92. The van der Waals surface area contributed by atoms with Crippen molar-refractivity contribution < 1.29 is 14.3 Å².